The molecule has 128 valence electrons. The number of carbonyl (C=O) groups excluding carboxylic acids is 1. The number of nitrogens with zero attached hydrogens (tertiary/aromatic N) is 1. The predicted octanol–water partition coefficient (Wildman–Crippen LogP) is 0.885. The summed E-state index contributed by atoms with van der Waals surface area (Å²) in [4.78, 5) is 36.3. The minimum Gasteiger partial charge on any atom is -0.492 e. The van der Waals surface area contributed by atoms with E-state index in [4.69, 9.17) is 4.74 Å². The zero-order valence-corrected chi connectivity index (χ0v) is 13.4. The van der Waals surface area contributed by atoms with Crippen molar-refractivity contribution < 1.29 is 9.53 Å². The van der Waals surface area contributed by atoms with E-state index in [0.717, 1.165) is 4.68 Å². The predicted molar refractivity (Wildman–Crippen MR) is 93.8 cm³/mol. The highest BCUT2D eigenvalue weighted by Gasteiger charge is 2.09. The lowest BCUT2D eigenvalue weighted by Crippen LogP contribution is -2.37. The fourth-order valence-electron chi connectivity index (χ4n) is 2.43. The van der Waals surface area contributed by atoms with Gasteiger partial charge in [-0.1, -0.05) is 30.3 Å². The van der Waals surface area contributed by atoms with Gasteiger partial charge >= 0.3 is 0 Å². The summed E-state index contributed by atoms with van der Waals surface area (Å²) in [6, 6.07) is 15.7. The highest BCUT2D eigenvalue weighted by molar-refractivity contribution is 5.81. The highest BCUT2D eigenvalue weighted by Crippen LogP contribution is 2.07. The van der Waals surface area contributed by atoms with Crippen LogP contribution in [0.25, 0.3) is 10.8 Å². The summed E-state index contributed by atoms with van der Waals surface area (Å²) in [5, 5.41) is 5.66. The number of ether oxygens (including phenoxy) is 1. The van der Waals surface area contributed by atoms with Crippen LogP contribution in [0.15, 0.2) is 64.2 Å². The lowest BCUT2D eigenvalue weighted by atomic mass is 10.2. The quantitative estimate of drug-likeness (QED) is 0.652. The molecule has 1 amide bonds. The molecule has 7 heteroatoms. The molecule has 1 aromatic heterocycles. The Kier molecular flexibility index (Phi) is 4.94. The maximum absolute atomic E-state index is 12.3. The molecule has 0 spiro atoms. The summed E-state index contributed by atoms with van der Waals surface area (Å²) in [6.07, 6.45) is 0. The van der Waals surface area contributed by atoms with Crippen molar-refractivity contribution in [2.75, 3.05) is 13.2 Å². The van der Waals surface area contributed by atoms with Gasteiger partial charge in [0, 0.05) is 0 Å². The molecule has 25 heavy (non-hydrogen) atoms. The zero-order valence-electron chi connectivity index (χ0n) is 13.4. The number of hydrogen-bond acceptors (Lipinski definition) is 4. The van der Waals surface area contributed by atoms with Crippen molar-refractivity contribution >= 4 is 16.7 Å². The molecule has 3 rings (SSSR count). The number of H-pyrrole nitrogens is 1. The Morgan fingerprint density at radius 2 is 1.68 bits per heavy atom. The second-order valence-electron chi connectivity index (χ2n) is 5.39. The number of carbonyl (C=O) groups is 1. The van der Waals surface area contributed by atoms with Crippen molar-refractivity contribution in [3.8, 4) is 5.75 Å². The van der Waals surface area contributed by atoms with Gasteiger partial charge in [0.2, 0.25) is 5.91 Å². The third-order valence-electron chi connectivity index (χ3n) is 3.62. The van der Waals surface area contributed by atoms with E-state index in [1.807, 2.05) is 30.3 Å². The Bertz CT molecular complexity index is 992. The number of benzene rings is 2. The first-order valence-corrected chi connectivity index (χ1v) is 7.81. The van der Waals surface area contributed by atoms with Gasteiger partial charge in [-0.15, -0.1) is 0 Å². The average Bonchev–Trinajstić information content (AvgIpc) is 2.64. The molecule has 0 aliphatic rings. The molecular formula is C18H17N3O4. The van der Waals surface area contributed by atoms with E-state index in [9.17, 15) is 14.4 Å². The fraction of sp³-hybridized carbons (Fsp3) is 0.167. The number of rotatable bonds is 6. The van der Waals surface area contributed by atoms with E-state index in [1.165, 1.54) is 0 Å². The molecule has 7 nitrogen and oxygen atoms in total. The fourth-order valence-corrected chi connectivity index (χ4v) is 2.43. The number of nitrogens with one attached hydrogen (secondary N) is 2. The van der Waals surface area contributed by atoms with Gasteiger partial charge in [0.05, 0.1) is 17.3 Å². The van der Waals surface area contributed by atoms with E-state index in [0.29, 0.717) is 24.3 Å². The van der Waals surface area contributed by atoms with Crippen molar-refractivity contribution in [3.05, 3.63) is 75.3 Å². The van der Waals surface area contributed by atoms with Crippen LogP contribution >= 0.6 is 0 Å². The van der Waals surface area contributed by atoms with Gasteiger partial charge in [-0.05, 0) is 24.3 Å². The molecule has 0 unspecified atom stereocenters. The smallest absolute Gasteiger partial charge is 0.273 e. The highest BCUT2D eigenvalue weighted by atomic mass is 16.5. The van der Waals surface area contributed by atoms with Gasteiger partial charge in [-0.2, -0.15) is 0 Å². The summed E-state index contributed by atoms with van der Waals surface area (Å²) in [5.74, 6) is 0.330. The van der Waals surface area contributed by atoms with Crippen LogP contribution in [0.2, 0.25) is 0 Å². The van der Waals surface area contributed by atoms with Crippen LogP contribution in [0.1, 0.15) is 0 Å². The SMILES string of the molecule is O=C(Cn1[nH]c(=O)c2ccccc2c1=O)NCCOc1ccccc1. The Morgan fingerprint density at radius 3 is 2.44 bits per heavy atom. The molecule has 0 atom stereocenters. The van der Waals surface area contributed by atoms with Crippen LogP contribution in [0.5, 0.6) is 5.75 Å². The lowest BCUT2D eigenvalue weighted by Gasteiger charge is -2.09. The molecule has 0 aliphatic carbocycles. The molecular weight excluding hydrogens is 322 g/mol. The summed E-state index contributed by atoms with van der Waals surface area (Å²) in [6.45, 7) is 0.337. The summed E-state index contributed by atoms with van der Waals surface area (Å²) < 4.78 is 6.48. The van der Waals surface area contributed by atoms with Gasteiger partial charge in [-0.3, -0.25) is 19.5 Å². The standard InChI is InChI=1S/C18H17N3O4/c22-16(19-10-11-25-13-6-2-1-3-7-13)12-21-18(24)15-9-5-4-8-14(15)17(23)20-21/h1-9H,10-12H2,(H,19,22)(H,20,23). The Balaban J connectivity index is 1.60. The van der Waals surface area contributed by atoms with E-state index in [-0.39, 0.29) is 17.8 Å². The Labute approximate surface area is 142 Å². The zero-order chi connectivity index (χ0) is 17.6. The third-order valence-corrected chi connectivity index (χ3v) is 3.62. The van der Waals surface area contributed by atoms with Crippen molar-refractivity contribution in [3.63, 3.8) is 0 Å². The molecule has 0 radical (unpaired) electrons. The molecule has 1 heterocycles. The summed E-state index contributed by atoms with van der Waals surface area (Å²) in [5.41, 5.74) is -0.818. The van der Waals surface area contributed by atoms with Gasteiger partial charge < -0.3 is 10.1 Å². The van der Waals surface area contributed by atoms with Crippen molar-refractivity contribution in [1.82, 2.24) is 15.1 Å². The van der Waals surface area contributed by atoms with Crippen molar-refractivity contribution in [2.45, 2.75) is 6.54 Å². The first-order valence-electron chi connectivity index (χ1n) is 7.81. The number of aromatic amines is 1. The molecule has 2 aromatic carbocycles. The van der Waals surface area contributed by atoms with Crippen LogP contribution in [0, 0.1) is 0 Å². The average molecular weight is 339 g/mol. The molecule has 2 N–H and O–H groups in total. The first kappa shape index (κ1) is 16.5. The Hall–Kier alpha value is -3.35. The van der Waals surface area contributed by atoms with Crippen LogP contribution in [0.3, 0.4) is 0 Å². The summed E-state index contributed by atoms with van der Waals surface area (Å²) >= 11 is 0. The van der Waals surface area contributed by atoms with E-state index < -0.39 is 11.1 Å². The molecule has 0 saturated carbocycles. The third kappa shape index (κ3) is 3.95. The minimum atomic E-state index is -0.411. The van der Waals surface area contributed by atoms with Gasteiger partial charge in [-0.25, -0.2) is 4.68 Å². The van der Waals surface area contributed by atoms with E-state index in [2.05, 4.69) is 10.4 Å². The summed E-state index contributed by atoms with van der Waals surface area (Å²) in [7, 11) is 0. The Morgan fingerprint density at radius 1 is 1.00 bits per heavy atom. The first-order chi connectivity index (χ1) is 12.1. The van der Waals surface area contributed by atoms with Crippen molar-refractivity contribution in [2.24, 2.45) is 0 Å². The van der Waals surface area contributed by atoms with Gasteiger partial charge in [0.25, 0.3) is 11.1 Å². The number of para-hydroxylation sites is 1. The van der Waals surface area contributed by atoms with Crippen molar-refractivity contribution in [1.29, 1.82) is 0 Å². The lowest BCUT2D eigenvalue weighted by molar-refractivity contribution is -0.122. The van der Waals surface area contributed by atoms with Crippen LogP contribution in [0.4, 0.5) is 0 Å². The molecule has 0 fully saturated rings. The molecule has 0 aliphatic heterocycles. The van der Waals surface area contributed by atoms with Crippen LogP contribution < -0.4 is 21.2 Å². The molecule has 3 aromatic rings. The maximum atomic E-state index is 12.3. The number of amides is 1. The van der Waals surface area contributed by atoms with Gasteiger partial charge in [0.1, 0.15) is 18.9 Å². The number of fused-ring (bicyclic) bond motifs is 1. The minimum absolute atomic E-state index is 0.260. The second-order valence-corrected chi connectivity index (χ2v) is 5.39. The normalized spacial score (nSPS) is 10.6. The largest absolute Gasteiger partial charge is 0.492 e. The maximum Gasteiger partial charge on any atom is 0.273 e. The van der Waals surface area contributed by atoms with Crippen LogP contribution in [-0.2, 0) is 11.3 Å². The topological polar surface area (TPSA) is 93.2 Å². The number of aromatic nitrogens is 2. The van der Waals surface area contributed by atoms with E-state index in [1.54, 1.807) is 24.3 Å². The monoisotopic (exact) mass is 339 g/mol. The van der Waals surface area contributed by atoms with Crippen LogP contribution in [-0.4, -0.2) is 28.8 Å². The number of hydrogen-bond donors (Lipinski definition) is 2. The van der Waals surface area contributed by atoms with E-state index >= 15 is 0 Å². The van der Waals surface area contributed by atoms with Gasteiger partial charge in [0.15, 0.2) is 0 Å². The second kappa shape index (κ2) is 7.48. The molecule has 0 saturated heterocycles. The molecule has 0 bridgehead atoms.